The summed E-state index contributed by atoms with van der Waals surface area (Å²) in [6, 6.07) is 14.8. The van der Waals surface area contributed by atoms with E-state index < -0.39 is 0 Å². The van der Waals surface area contributed by atoms with Crippen molar-refractivity contribution in [1.29, 1.82) is 0 Å². The Labute approximate surface area is 131 Å². The van der Waals surface area contributed by atoms with Crippen LogP contribution in [-0.4, -0.2) is 47.9 Å². The summed E-state index contributed by atoms with van der Waals surface area (Å²) < 4.78 is 0. The Hall–Kier alpha value is -1.87. The molecule has 1 atom stereocenters. The van der Waals surface area contributed by atoms with E-state index in [-0.39, 0.29) is 5.91 Å². The molecule has 2 fully saturated rings. The van der Waals surface area contributed by atoms with Gasteiger partial charge in [0.2, 0.25) is 0 Å². The van der Waals surface area contributed by atoms with Gasteiger partial charge >= 0.3 is 0 Å². The lowest BCUT2D eigenvalue weighted by Crippen LogP contribution is -2.37. The molecule has 0 spiro atoms. The predicted octanol–water partition coefficient (Wildman–Crippen LogP) is 3.15. The highest BCUT2D eigenvalue weighted by atomic mass is 16.2. The van der Waals surface area contributed by atoms with Crippen LogP contribution in [0.25, 0.3) is 10.8 Å². The molecular weight excluding hydrogens is 272 g/mol. The predicted molar refractivity (Wildman–Crippen MR) is 89.1 cm³/mol. The first-order valence-electron chi connectivity index (χ1n) is 8.34. The quantitative estimate of drug-likeness (QED) is 0.849. The molecule has 3 nitrogen and oxygen atoms in total. The molecule has 0 aromatic heterocycles. The number of nitrogens with zero attached hydrogens (tertiary/aromatic N) is 2. The van der Waals surface area contributed by atoms with Gasteiger partial charge in [0.15, 0.2) is 0 Å². The summed E-state index contributed by atoms with van der Waals surface area (Å²) in [5.41, 5.74) is 0.847. The molecule has 3 heteroatoms. The van der Waals surface area contributed by atoms with Crippen LogP contribution in [0.3, 0.4) is 0 Å². The second kappa shape index (κ2) is 5.73. The Balaban J connectivity index is 1.56. The van der Waals surface area contributed by atoms with Crippen molar-refractivity contribution in [3.63, 3.8) is 0 Å². The maximum absolute atomic E-state index is 12.9. The number of benzene rings is 2. The van der Waals surface area contributed by atoms with Crippen LogP contribution in [0.15, 0.2) is 42.5 Å². The van der Waals surface area contributed by atoms with Gasteiger partial charge in [0.1, 0.15) is 0 Å². The zero-order chi connectivity index (χ0) is 14.9. The number of carbonyl (C=O) groups is 1. The van der Waals surface area contributed by atoms with Crippen LogP contribution in [-0.2, 0) is 0 Å². The molecule has 22 heavy (non-hydrogen) atoms. The van der Waals surface area contributed by atoms with Gasteiger partial charge < -0.3 is 4.90 Å². The van der Waals surface area contributed by atoms with Crippen LogP contribution >= 0.6 is 0 Å². The number of hydrogen-bond donors (Lipinski definition) is 0. The minimum absolute atomic E-state index is 0.193. The van der Waals surface area contributed by atoms with Crippen molar-refractivity contribution in [1.82, 2.24) is 9.80 Å². The molecule has 2 aromatic carbocycles. The Morgan fingerprint density at radius 3 is 2.59 bits per heavy atom. The molecule has 2 aliphatic heterocycles. The van der Waals surface area contributed by atoms with Gasteiger partial charge in [-0.1, -0.05) is 36.4 Å². The third-order valence-electron chi connectivity index (χ3n) is 5.13. The lowest BCUT2D eigenvalue weighted by atomic mass is 10.0. The Morgan fingerprint density at radius 1 is 0.955 bits per heavy atom. The zero-order valence-corrected chi connectivity index (χ0v) is 12.9. The van der Waals surface area contributed by atoms with Crippen molar-refractivity contribution in [2.45, 2.75) is 25.3 Å². The van der Waals surface area contributed by atoms with Crippen molar-refractivity contribution in [3.8, 4) is 0 Å². The fourth-order valence-electron chi connectivity index (χ4n) is 3.91. The molecule has 0 N–H and O–H groups in total. The van der Waals surface area contributed by atoms with Crippen LogP contribution in [0.1, 0.15) is 29.6 Å². The summed E-state index contributed by atoms with van der Waals surface area (Å²) in [5.74, 6) is 0.193. The maximum atomic E-state index is 12.9. The highest BCUT2D eigenvalue weighted by Gasteiger charge is 2.32. The average Bonchev–Trinajstić information content (AvgIpc) is 3.24. The summed E-state index contributed by atoms with van der Waals surface area (Å²) in [4.78, 5) is 17.5. The summed E-state index contributed by atoms with van der Waals surface area (Å²) in [6.07, 6.45) is 3.75. The van der Waals surface area contributed by atoms with Crippen LogP contribution in [0.4, 0.5) is 0 Å². The van der Waals surface area contributed by atoms with Crippen LogP contribution < -0.4 is 0 Å². The summed E-state index contributed by atoms with van der Waals surface area (Å²) in [5, 5.41) is 2.21. The number of likely N-dealkylation sites (tertiary alicyclic amines) is 2. The number of rotatable bonds is 2. The van der Waals surface area contributed by atoms with Crippen LogP contribution in [0, 0.1) is 0 Å². The maximum Gasteiger partial charge on any atom is 0.254 e. The van der Waals surface area contributed by atoms with E-state index in [1.165, 1.54) is 25.9 Å². The first-order chi connectivity index (χ1) is 10.8. The lowest BCUT2D eigenvalue weighted by Gasteiger charge is -2.23. The third-order valence-corrected chi connectivity index (χ3v) is 5.13. The average molecular weight is 294 g/mol. The molecule has 0 saturated carbocycles. The molecule has 4 rings (SSSR count). The first kappa shape index (κ1) is 13.8. The summed E-state index contributed by atoms with van der Waals surface area (Å²) >= 11 is 0. The van der Waals surface area contributed by atoms with Gasteiger partial charge in [-0.25, -0.2) is 0 Å². The van der Waals surface area contributed by atoms with Crippen molar-refractivity contribution < 1.29 is 4.79 Å². The first-order valence-corrected chi connectivity index (χ1v) is 8.34. The van der Waals surface area contributed by atoms with E-state index in [4.69, 9.17) is 0 Å². The molecule has 2 heterocycles. The Kier molecular flexibility index (Phi) is 3.59. The molecule has 1 amide bonds. The molecule has 1 unspecified atom stereocenters. The molecule has 0 aliphatic carbocycles. The molecule has 0 radical (unpaired) electrons. The van der Waals surface area contributed by atoms with E-state index in [0.717, 1.165) is 35.8 Å². The van der Waals surface area contributed by atoms with Crippen molar-refractivity contribution >= 4 is 16.7 Å². The smallest absolute Gasteiger partial charge is 0.254 e. The number of fused-ring (bicyclic) bond motifs is 1. The van der Waals surface area contributed by atoms with Gasteiger partial charge in [0.25, 0.3) is 5.91 Å². The Bertz CT molecular complexity index is 685. The van der Waals surface area contributed by atoms with E-state index in [1.807, 2.05) is 29.2 Å². The molecule has 2 saturated heterocycles. The van der Waals surface area contributed by atoms with Crippen molar-refractivity contribution in [2.24, 2.45) is 0 Å². The van der Waals surface area contributed by atoms with E-state index in [1.54, 1.807) is 0 Å². The molecular formula is C19H22N2O. The van der Waals surface area contributed by atoms with E-state index >= 15 is 0 Å². The second-order valence-electron chi connectivity index (χ2n) is 6.46. The Morgan fingerprint density at radius 2 is 1.73 bits per heavy atom. The highest BCUT2D eigenvalue weighted by molar-refractivity contribution is 6.07. The van der Waals surface area contributed by atoms with Gasteiger partial charge in [0, 0.05) is 24.7 Å². The van der Waals surface area contributed by atoms with Gasteiger partial charge in [-0.15, -0.1) is 0 Å². The van der Waals surface area contributed by atoms with E-state index in [9.17, 15) is 4.79 Å². The van der Waals surface area contributed by atoms with Gasteiger partial charge in [-0.05, 0) is 49.2 Å². The molecule has 0 bridgehead atoms. The minimum atomic E-state index is 0.193. The summed E-state index contributed by atoms with van der Waals surface area (Å²) in [6.45, 7) is 4.20. The van der Waals surface area contributed by atoms with E-state index in [2.05, 4.69) is 23.1 Å². The van der Waals surface area contributed by atoms with Gasteiger partial charge in [-0.2, -0.15) is 0 Å². The largest absolute Gasteiger partial charge is 0.337 e. The molecule has 2 aromatic rings. The topological polar surface area (TPSA) is 23.6 Å². The van der Waals surface area contributed by atoms with Gasteiger partial charge in [-0.3, -0.25) is 9.69 Å². The van der Waals surface area contributed by atoms with Gasteiger partial charge in [0.05, 0.1) is 0 Å². The zero-order valence-electron chi connectivity index (χ0n) is 12.9. The monoisotopic (exact) mass is 294 g/mol. The lowest BCUT2D eigenvalue weighted by molar-refractivity contribution is 0.0782. The SMILES string of the molecule is O=C(c1cccc2ccccc12)N1CCC(N2CCCC2)C1. The normalized spacial score (nSPS) is 22.5. The number of carbonyl (C=O) groups excluding carboxylic acids is 1. The molecule has 2 aliphatic rings. The highest BCUT2D eigenvalue weighted by Crippen LogP contribution is 2.24. The second-order valence-corrected chi connectivity index (χ2v) is 6.46. The molecule has 114 valence electrons. The minimum Gasteiger partial charge on any atom is -0.337 e. The number of hydrogen-bond acceptors (Lipinski definition) is 2. The van der Waals surface area contributed by atoms with Crippen LogP contribution in [0.2, 0.25) is 0 Å². The standard InChI is InChI=1S/C19H22N2O/c22-19(18-9-5-7-15-6-1-2-8-17(15)18)21-13-10-16(14-21)20-11-3-4-12-20/h1-2,5-9,16H,3-4,10-14H2. The summed E-state index contributed by atoms with van der Waals surface area (Å²) in [7, 11) is 0. The van der Waals surface area contributed by atoms with Crippen molar-refractivity contribution in [2.75, 3.05) is 26.2 Å². The van der Waals surface area contributed by atoms with Crippen molar-refractivity contribution in [3.05, 3.63) is 48.0 Å². The fraction of sp³-hybridized carbons (Fsp3) is 0.421. The fourth-order valence-corrected chi connectivity index (χ4v) is 3.91. The number of amides is 1. The third kappa shape index (κ3) is 2.40. The van der Waals surface area contributed by atoms with Crippen LogP contribution in [0.5, 0.6) is 0 Å². The van der Waals surface area contributed by atoms with E-state index in [0.29, 0.717) is 6.04 Å².